The highest BCUT2D eigenvalue weighted by Gasteiger charge is 2.32. The van der Waals surface area contributed by atoms with E-state index in [9.17, 15) is 4.79 Å². The number of piperazine rings is 1. The molecule has 0 N–H and O–H groups in total. The van der Waals surface area contributed by atoms with Crippen molar-refractivity contribution in [3.05, 3.63) is 54.3 Å². The normalized spacial score (nSPS) is 19.1. The number of para-hydroxylation sites is 1. The molecule has 1 unspecified atom stereocenters. The first-order valence-corrected chi connectivity index (χ1v) is 8.09. The summed E-state index contributed by atoms with van der Waals surface area (Å²) in [7, 11) is 4.05. The van der Waals surface area contributed by atoms with Crippen molar-refractivity contribution in [3.63, 3.8) is 0 Å². The Labute approximate surface area is 140 Å². The van der Waals surface area contributed by atoms with Crippen LogP contribution in [0.2, 0.25) is 0 Å². The first kappa shape index (κ1) is 15.0. The first-order valence-electron chi connectivity index (χ1n) is 8.09. The third-order valence-corrected chi connectivity index (χ3v) is 4.73. The van der Waals surface area contributed by atoms with Gasteiger partial charge in [0.25, 0.3) is 5.91 Å². The SMILES string of the molecule is CN1CCN(C(=O)c2cc3ccccc3o2)CC1c1nccn1C. The van der Waals surface area contributed by atoms with Crippen molar-refractivity contribution >= 4 is 16.9 Å². The standard InChI is InChI=1S/C18H20N4O2/c1-20-9-10-22(12-14(20)17-19-7-8-21(17)2)18(23)16-11-13-5-3-4-6-15(13)24-16/h3-8,11,14H,9-10,12H2,1-2H3. The molecule has 24 heavy (non-hydrogen) atoms. The summed E-state index contributed by atoms with van der Waals surface area (Å²) in [5.74, 6) is 1.32. The number of amides is 1. The minimum Gasteiger partial charge on any atom is -0.451 e. The van der Waals surface area contributed by atoms with Crippen molar-refractivity contribution in [2.45, 2.75) is 6.04 Å². The van der Waals surface area contributed by atoms with Crippen LogP contribution in [-0.2, 0) is 7.05 Å². The number of carbonyl (C=O) groups is 1. The molecule has 6 heteroatoms. The maximum atomic E-state index is 12.9. The summed E-state index contributed by atoms with van der Waals surface area (Å²) >= 11 is 0. The van der Waals surface area contributed by atoms with Gasteiger partial charge >= 0.3 is 0 Å². The van der Waals surface area contributed by atoms with E-state index >= 15 is 0 Å². The minimum atomic E-state index is -0.0569. The molecule has 1 amide bonds. The third kappa shape index (κ3) is 2.49. The molecule has 0 spiro atoms. The van der Waals surface area contributed by atoms with Gasteiger partial charge in [0.05, 0.1) is 6.04 Å². The van der Waals surface area contributed by atoms with Gasteiger partial charge in [-0.3, -0.25) is 9.69 Å². The van der Waals surface area contributed by atoms with Crippen LogP contribution in [0.1, 0.15) is 22.4 Å². The summed E-state index contributed by atoms with van der Waals surface area (Å²) < 4.78 is 7.74. The number of aromatic nitrogens is 2. The summed E-state index contributed by atoms with van der Waals surface area (Å²) in [4.78, 5) is 21.4. The van der Waals surface area contributed by atoms with Crippen LogP contribution in [0.5, 0.6) is 0 Å². The van der Waals surface area contributed by atoms with Crippen LogP contribution in [0.3, 0.4) is 0 Å². The number of nitrogens with zero attached hydrogens (tertiary/aromatic N) is 4. The highest BCUT2D eigenvalue weighted by Crippen LogP contribution is 2.25. The van der Waals surface area contributed by atoms with E-state index in [1.807, 2.05) is 53.0 Å². The highest BCUT2D eigenvalue weighted by molar-refractivity contribution is 5.96. The maximum absolute atomic E-state index is 12.9. The lowest BCUT2D eigenvalue weighted by Crippen LogP contribution is -2.49. The molecular formula is C18H20N4O2. The minimum absolute atomic E-state index is 0.0569. The Morgan fingerprint density at radius 2 is 2.08 bits per heavy atom. The number of likely N-dealkylation sites (N-methyl/N-ethyl adjacent to an activating group) is 1. The zero-order valence-electron chi connectivity index (χ0n) is 13.8. The Morgan fingerprint density at radius 1 is 1.25 bits per heavy atom. The fraction of sp³-hybridized carbons (Fsp3) is 0.333. The number of benzene rings is 1. The Morgan fingerprint density at radius 3 is 2.83 bits per heavy atom. The van der Waals surface area contributed by atoms with E-state index in [2.05, 4.69) is 16.9 Å². The van der Waals surface area contributed by atoms with Crippen LogP contribution in [0.4, 0.5) is 0 Å². The van der Waals surface area contributed by atoms with E-state index in [0.717, 1.165) is 23.3 Å². The van der Waals surface area contributed by atoms with Gasteiger partial charge in [-0.15, -0.1) is 0 Å². The van der Waals surface area contributed by atoms with E-state index in [-0.39, 0.29) is 11.9 Å². The second kappa shape index (κ2) is 5.79. The summed E-state index contributed by atoms with van der Waals surface area (Å²) in [6.45, 7) is 2.11. The molecule has 0 saturated carbocycles. The van der Waals surface area contributed by atoms with Gasteiger partial charge in [0, 0.05) is 44.5 Å². The zero-order chi connectivity index (χ0) is 16.7. The molecule has 6 nitrogen and oxygen atoms in total. The molecule has 1 saturated heterocycles. The molecule has 3 heterocycles. The van der Waals surface area contributed by atoms with Crippen molar-refractivity contribution in [3.8, 4) is 0 Å². The second-order valence-corrected chi connectivity index (χ2v) is 6.29. The van der Waals surface area contributed by atoms with Crippen molar-refractivity contribution < 1.29 is 9.21 Å². The largest absolute Gasteiger partial charge is 0.451 e. The lowest BCUT2D eigenvalue weighted by molar-refractivity contribution is 0.0502. The molecule has 3 aromatic rings. The van der Waals surface area contributed by atoms with Crippen molar-refractivity contribution in [1.29, 1.82) is 0 Å². The van der Waals surface area contributed by atoms with Gasteiger partial charge in [0.2, 0.25) is 0 Å². The zero-order valence-corrected chi connectivity index (χ0v) is 13.8. The van der Waals surface area contributed by atoms with Crippen LogP contribution in [0, 0.1) is 0 Å². The fourth-order valence-corrected chi connectivity index (χ4v) is 3.28. The highest BCUT2D eigenvalue weighted by atomic mass is 16.3. The van der Waals surface area contributed by atoms with Gasteiger partial charge in [-0.25, -0.2) is 4.98 Å². The first-order chi connectivity index (χ1) is 11.6. The molecule has 1 fully saturated rings. The average Bonchev–Trinajstić information content (AvgIpc) is 3.20. The predicted molar refractivity (Wildman–Crippen MR) is 90.7 cm³/mol. The monoisotopic (exact) mass is 324 g/mol. The fourth-order valence-electron chi connectivity index (χ4n) is 3.28. The molecular weight excluding hydrogens is 304 g/mol. The van der Waals surface area contributed by atoms with E-state index in [1.54, 1.807) is 6.20 Å². The summed E-state index contributed by atoms with van der Waals surface area (Å²) in [5.41, 5.74) is 0.746. The quantitative estimate of drug-likeness (QED) is 0.726. The molecule has 124 valence electrons. The molecule has 0 bridgehead atoms. The smallest absolute Gasteiger partial charge is 0.289 e. The number of fused-ring (bicyclic) bond motifs is 1. The van der Waals surface area contributed by atoms with E-state index in [0.29, 0.717) is 18.8 Å². The molecule has 0 aliphatic carbocycles. The van der Waals surface area contributed by atoms with Crippen molar-refractivity contribution in [1.82, 2.24) is 19.4 Å². The molecule has 0 radical (unpaired) electrons. The van der Waals surface area contributed by atoms with Crippen molar-refractivity contribution in [2.75, 3.05) is 26.7 Å². The second-order valence-electron chi connectivity index (χ2n) is 6.29. The average molecular weight is 324 g/mol. The van der Waals surface area contributed by atoms with Crippen LogP contribution >= 0.6 is 0 Å². The number of hydrogen-bond donors (Lipinski definition) is 0. The van der Waals surface area contributed by atoms with Crippen LogP contribution in [-0.4, -0.2) is 51.9 Å². The Hall–Kier alpha value is -2.60. The number of rotatable bonds is 2. The van der Waals surface area contributed by atoms with Gasteiger partial charge in [0.1, 0.15) is 11.4 Å². The van der Waals surface area contributed by atoms with Crippen molar-refractivity contribution in [2.24, 2.45) is 7.05 Å². The molecule has 1 aromatic carbocycles. The topological polar surface area (TPSA) is 54.5 Å². The van der Waals surface area contributed by atoms with Gasteiger partial charge in [-0.05, 0) is 19.2 Å². The predicted octanol–water partition coefficient (Wildman–Crippen LogP) is 2.30. The van der Waals surface area contributed by atoms with Crippen LogP contribution in [0.15, 0.2) is 47.1 Å². The lowest BCUT2D eigenvalue weighted by Gasteiger charge is -2.38. The molecule has 1 aliphatic rings. The summed E-state index contributed by atoms with van der Waals surface area (Å²) in [5, 5.41) is 0.954. The number of carbonyl (C=O) groups excluding carboxylic acids is 1. The Bertz CT molecular complexity index is 849. The van der Waals surface area contributed by atoms with E-state index in [4.69, 9.17) is 4.42 Å². The summed E-state index contributed by atoms with van der Waals surface area (Å²) in [6, 6.07) is 9.60. The number of aryl methyl sites for hydroxylation is 1. The van der Waals surface area contributed by atoms with Gasteiger partial charge in [-0.2, -0.15) is 0 Å². The number of imidazole rings is 1. The van der Waals surface area contributed by atoms with Gasteiger partial charge in [0.15, 0.2) is 5.76 Å². The molecule has 1 atom stereocenters. The lowest BCUT2D eigenvalue weighted by atomic mass is 10.1. The number of furan rings is 1. The van der Waals surface area contributed by atoms with E-state index in [1.165, 1.54) is 0 Å². The third-order valence-electron chi connectivity index (χ3n) is 4.73. The van der Waals surface area contributed by atoms with Gasteiger partial charge in [-0.1, -0.05) is 18.2 Å². The Balaban J connectivity index is 1.59. The molecule has 4 rings (SSSR count). The molecule has 2 aromatic heterocycles. The Kier molecular flexibility index (Phi) is 3.61. The number of hydrogen-bond acceptors (Lipinski definition) is 4. The van der Waals surface area contributed by atoms with Crippen LogP contribution in [0.25, 0.3) is 11.0 Å². The summed E-state index contributed by atoms with van der Waals surface area (Å²) in [6.07, 6.45) is 3.73. The van der Waals surface area contributed by atoms with Gasteiger partial charge < -0.3 is 13.9 Å². The molecule has 1 aliphatic heterocycles. The van der Waals surface area contributed by atoms with Crippen LogP contribution < -0.4 is 0 Å². The van der Waals surface area contributed by atoms with E-state index < -0.39 is 0 Å². The maximum Gasteiger partial charge on any atom is 0.289 e.